The molecule has 0 atom stereocenters. The van der Waals surface area contributed by atoms with E-state index in [1.807, 2.05) is 33.0 Å². The van der Waals surface area contributed by atoms with Crippen LogP contribution in [-0.2, 0) is 0 Å². The smallest absolute Gasteiger partial charge is 0.0791 e. The highest BCUT2D eigenvalue weighted by Crippen LogP contribution is 2.32. The van der Waals surface area contributed by atoms with E-state index in [2.05, 4.69) is 42.8 Å². The molecule has 0 N–H and O–H groups in total. The van der Waals surface area contributed by atoms with Crippen molar-refractivity contribution in [3.05, 3.63) is 59.6 Å². The van der Waals surface area contributed by atoms with Gasteiger partial charge in [0, 0.05) is 22.2 Å². The van der Waals surface area contributed by atoms with Crippen molar-refractivity contribution in [1.82, 2.24) is 4.98 Å². The Morgan fingerprint density at radius 2 is 2.24 bits per heavy atom. The predicted molar refractivity (Wildman–Crippen MR) is 81.8 cm³/mol. The van der Waals surface area contributed by atoms with E-state index < -0.39 is 0 Å². The molecule has 0 fully saturated rings. The second-order valence-electron chi connectivity index (χ2n) is 3.10. The van der Waals surface area contributed by atoms with E-state index in [-0.39, 0.29) is 0 Å². The van der Waals surface area contributed by atoms with E-state index in [9.17, 15) is 0 Å². The van der Waals surface area contributed by atoms with E-state index in [0.29, 0.717) is 0 Å². The van der Waals surface area contributed by atoms with Gasteiger partial charge in [-0.2, -0.15) is 0 Å². The maximum Gasteiger partial charge on any atom is 0.0791 e. The van der Waals surface area contributed by atoms with Crippen LogP contribution >= 0.6 is 32.9 Å². The van der Waals surface area contributed by atoms with E-state index in [1.165, 1.54) is 10.5 Å². The molecule has 4 heteroatoms. The predicted octanol–water partition coefficient (Wildman–Crippen LogP) is 5.06. The molecule has 0 aliphatic rings. The molecule has 2 aromatic rings. The maximum atomic E-state index is 3.74. The Balaban J connectivity index is 0.000000239. The lowest BCUT2D eigenvalue weighted by molar-refractivity contribution is 1.31. The molecule has 2 rings (SSSR count). The van der Waals surface area contributed by atoms with E-state index in [0.717, 1.165) is 5.75 Å². The summed E-state index contributed by atoms with van der Waals surface area (Å²) >= 11 is 1.60. The van der Waals surface area contributed by atoms with Gasteiger partial charge >= 0.3 is 0 Å². The Labute approximate surface area is 115 Å². The molecule has 0 spiro atoms. The fraction of sp³-hybridized carbons (Fsp3) is 0.154. The second-order valence-corrected chi connectivity index (χ2v) is 6.24. The van der Waals surface area contributed by atoms with Crippen LogP contribution in [0.5, 0.6) is 0 Å². The minimum absolute atomic E-state index is 0.999. The number of thiazole rings is 1. The molecule has 0 aliphatic heterocycles. The Morgan fingerprint density at radius 3 is 2.76 bits per heavy atom. The zero-order chi connectivity index (χ0) is 12.3. The summed E-state index contributed by atoms with van der Waals surface area (Å²) in [7, 11) is 3.64. The molecule has 1 aromatic carbocycles. The van der Waals surface area contributed by atoms with Gasteiger partial charge in [-0.25, -0.2) is 0 Å². The van der Waals surface area contributed by atoms with Crippen LogP contribution < -0.4 is 0 Å². The van der Waals surface area contributed by atoms with Crippen LogP contribution in [0.3, 0.4) is 0 Å². The molecule has 0 radical (unpaired) electrons. The summed E-state index contributed by atoms with van der Waals surface area (Å²) in [6, 6.07) is 8.42. The molecule has 1 nitrogen and oxygen atoms in total. The first-order valence-electron chi connectivity index (χ1n) is 5.12. The van der Waals surface area contributed by atoms with Crippen molar-refractivity contribution in [1.29, 1.82) is 0 Å². The van der Waals surface area contributed by atoms with Gasteiger partial charge in [0.25, 0.3) is 0 Å². The Bertz CT molecular complexity index is 395. The molecule has 1 aromatic heterocycles. The maximum absolute atomic E-state index is 3.74. The average molecular weight is 281 g/mol. The van der Waals surface area contributed by atoms with Gasteiger partial charge in [0.1, 0.15) is 0 Å². The van der Waals surface area contributed by atoms with Gasteiger partial charge in [0.2, 0.25) is 0 Å². The van der Waals surface area contributed by atoms with Crippen molar-refractivity contribution < 1.29 is 0 Å². The first-order valence-corrected chi connectivity index (χ1v) is 8.39. The monoisotopic (exact) mass is 281 g/mol. The Hall–Kier alpha value is -0.710. The number of aromatic nitrogens is 1. The molecule has 1 heterocycles. The van der Waals surface area contributed by atoms with Gasteiger partial charge in [-0.1, -0.05) is 45.9 Å². The molecule has 0 bridgehead atoms. The summed E-state index contributed by atoms with van der Waals surface area (Å²) in [5, 5.41) is 1.93. The SMILES string of the molecule is C=CCSSc1ccccc1C.c1cscn1. The van der Waals surface area contributed by atoms with Crippen molar-refractivity contribution in [3.63, 3.8) is 0 Å². The standard InChI is InChI=1S/C10H12S2.C3H3NS/c1-3-8-11-12-10-7-5-4-6-9(10)2;1-2-5-3-4-1/h3-7H,1,8H2,2H3;1-3H. The lowest BCUT2D eigenvalue weighted by Crippen LogP contribution is -1.75. The fourth-order valence-electron chi connectivity index (χ4n) is 0.971. The third-order valence-electron chi connectivity index (χ3n) is 1.78. The fourth-order valence-corrected chi connectivity index (χ4v) is 3.38. The van der Waals surface area contributed by atoms with Crippen molar-refractivity contribution in [3.8, 4) is 0 Å². The van der Waals surface area contributed by atoms with Crippen molar-refractivity contribution in [2.75, 3.05) is 5.75 Å². The molecule has 0 saturated heterocycles. The summed E-state index contributed by atoms with van der Waals surface area (Å²) in [6.45, 7) is 5.82. The van der Waals surface area contributed by atoms with Crippen LogP contribution in [0.1, 0.15) is 5.56 Å². The van der Waals surface area contributed by atoms with Gasteiger partial charge in [0.05, 0.1) is 5.51 Å². The molecular weight excluding hydrogens is 266 g/mol. The lowest BCUT2D eigenvalue weighted by atomic mass is 10.2. The normalized spacial score (nSPS) is 9.24. The molecule has 90 valence electrons. The zero-order valence-corrected chi connectivity index (χ0v) is 12.2. The highest BCUT2D eigenvalue weighted by Gasteiger charge is 1.95. The molecule has 0 aliphatic carbocycles. The summed E-state index contributed by atoms with van der Waals surface area (Å²) in [4.78, 5) is 5.09. The van der Waals surface area contributed by atoms with Gasteiger partial charge < -0.3 is 0 Å². The average Bonchev–Trinajstić information content (AvgIpc) is 2.91. The minimum Gasteiger partial charge on any atom is -0.253 e. The number of hydrogen-bond acceptors (Lipinski definition) is 4. The third kappa shape index (κ3) is 6.56. The number of benzene rings is 1. The van der Waals surface area contributed by atoms with Gasteiger partial charge in [-0.05, 0) is 18.6 Å². The Morgan fingerprint density at radius 1 is 1.41 bits per heavy atom. The van der Waals surface area contributed by atoms with Crippen LogP contribution in [0.4, 0.5) is 0 Å². The third-order valence-corrected chi connectivity index (χ3v) is 4.73. The summed E-state index contributed by atoms with van der Waals surface area (Å²) < 4.78 is 0. The van der Waals surface area contributed by atoms with Crippen LogP contribution in [0.15, 0.2) is 58.9 Å². The number of rotatable bonds is 4. The Kier molecular flexibility index (Phi) is 7.88. The molecule has 0 saturated carbocycles. The van der Waals surface area contributed by atoms with Gasteiger partial charge in [-0.15, -0.1) is 17.9 Å². The van der Waals surface area contributed by atoms with Gasteiger partial charge in [0.15, 0.2) is 0 Å². The number of aryl methyl sites for hydroxylation is 1. The topological polar surface area (TPSA) is 12.9 Å². The van der Waals surface area contributed by atoms with Crippen LogP contribution in [0.2, 0.25) is 0 Å². The molecular formula is C13H15NS3. The summed E-state index contributed by atoms with van der Waals surface area (Å²) in [5.74, 6) is 0.999. The van der Waals surface area contributed by atoms with Crippen molar-refractivity contribution in [2.45, 2.75) is 11.8 Å². The van der Waals surface area contributed by atoms with E-state index in [1.54, 1.807) is 23.0 Å². The summed E-state index contributed by atoms with van der Waals surface area (Å²) in [5.41, 5.74) is 3.14. The molecule has 0 unspecified atom stereocenters. The second kappa shape index (κ2) is 9.33. The first kappa shape index (κ1) is 14.4. The quantitative estimate of drug-likeness (QED) is 0.441. The highest BCUT2D eigenvalue weighted by atomic mass is 33.1. The minimum atomic E-state index is 0.999. The summed E-state index contributed by atoms with van der Waals surface area (Å²) in [6.07, 6.45) is 3.70. The number of nitrogens with zero attached hydrogens (tertiary/aromatic N) is 1. The lowest BCUT2D eigenvalue weighted by Gasteiger charge is -2.01. The van der Waals surface area contributed by atoms with Crippen LogP contribution in [-0.4, -0.2) is 10.7 Å². The largest absolute Gasteiger partial charge is 0.253 e. The van der Waals surface area contributed by atoms with Crippen LogP contribution in [0.25, 0.3) is 0 Å². The molecule has 17 heavy (non-hydrogen) atoms. The van der Waals surface area contributed by atoms with E-state index in [4.69, 9.17) is 0 Å². The van der Waals surface area contributed by atoms with Crippen LogP contribution in [0, 0.1) is 6.92 Å². The van der Waals surface area contributed by atoms with Crippen molar-refractivity contribution >= 4 is 32.9 Å². The van der Waals surface area contributed by atoms with Gasteiger partial charge in [-0.3, -0.25) is 4.98 Å². The van der Waals surface area contributed by atoms with E-state index >= 15 is 0 Å². The first-order chi connectivity index (χ1) is 8.34. The van der Waals surface area contributed by atoms with Crippen molar-refractivity contribution in [2.24, 2.45) is 0 Å². The molecule has 0 amide bonds. The number of hydrogen-bond donors (Lipinski definition) is 0. The zero-order valence-electron chi connectivity index (χ0n) is 9.70. The highest BCUT2D eigenvalue weighted by molar-refractivity contribution is 8.76.